The molecule has 0 amide bonds. The van der Waals surface area contributed by atoms with E-state index in [9.17, 15) is 4.79 Å². The molecule has 0 aromatic rings. The zero-order valence-electron chi connectivity index (χ0n) is 25.0. The van der Waals surface area contributed by atoms with Gasteiger partial charge in [-0.1, -0.05) is 65.5 Å². The summed E-state index contributed by atoms with van der Waals surface area (Å²) in [7, 11) is 0. The number of rotatable bonds is 14. The highest BCUT2D eigenvalue weighted by atomic mass is 16.6. The van der Waals surface area contributed by atoms with Crippen LogP contribution in [0.3, 0.4) is 0 Å². The average Bonchev–Trinajstić information content (AvgIpc) is 3.22. The van der Waals surface area contributed by atoms with Gasteiger partial charge in [0.1, 0.15) is 6.61 Å². The van der Waals surface area contributed by atoms with Crippen LogP contribution in [0.5, 0.6) is 0 Å². The van der Waals surface area contributed by atoms with Crippen molar-refractivity contribution in [1.82, 2.24) is 0 Å². The molecule has 0 aliphatic heterocycles. The maximum absolute atomic E-state index is 10.5. The van der Waals surface area contributed by atoms with Crippen LogP contribution >= 0.6 is 0 Å². The van der Waals surface area contributed by atoms with E-state index in [1.807, 2.05) is 0 Å². The predicted octanol–water partition coefficient (Wildman–Crippen LogP) is 7.53. The summed E-state index contributed by atoms with van der Waals surface area (Å²) in [6, 6.07) is 0. The lowest BCUT2D eigenvalue weighted by molar-refractivity contribution is -0.142. The van der Waals surface area contributed by atoms with E-state index in [1.54, 1.807) is 5.57 Å². The minimum Gasteiger partial charge on any atom is -0.480 e. The zero-order valence-corrected chi connectivity index (χ0v) is 25.0. The van der Waals surface area contributed by atoms with Gasteiger partial charge in [-0.3, -0.25) is 0 Å². The molecular formula is C33H56O5. The summed E-state index contributed by atoms with van der Waals surface area (Å²) in [5, 5.41) is 8.59. The first-order valence-electron chi connectivity index (χ1n) is 15.8. The Bertz CT molecular complexity index is 807. The van der Waals surface area contributed by atoms with Crippen molar-refractivity contribution in [3.8, 4) is 0 Å². The summed E-state index contributed by atoms with van der Waals surface area (Å²) in [5.41, 5.74) is 2.60. The fourth-order valence-electron chi connectivity index (χ4n) is 9.45. The largest absolute Gasteiger partial charge is 0.480 e. The molecular weight excluding hydrogens is 476 g/mol. The molecule has 0 aromatic heterocycles. The van der Waals surface area contributed by atoms with E-state index in [4.69, 9.17) is 19.3 Å². The molecule has 0 saturated heterocycles. The second-order valence-electron chi connectivity index (χ2n) is 14.1. The summed E-state index contributed by atoms with van der Waals surface area (Å²) in [6.45, 7) is 14.2. The third-order valence-corrected chi connectivity index (χ3v) is 11.4. The van der Waals surface area contributed by atoms with E-state index >= 15 is 0 Å². The van der Waals surface area contributed by atoms with E-state index < -0.39 is 5.97 Å². The lowest BCUT2D eigenvalue weighted by Gasteiger charge is -2.58. The minimum absolute atomic E-state index is 0.268. The van der Waals surface area contributed by atoms with Gasteiger partial charge >= 0.3 is 5.97 Å². The van der Waals surface area contributed by atoms with Crippen molar-refractivity contribution >= 4 is 5.97 Å². The molecule has 5 nitrogen and oxygen atoms in total. The highest BCUT2D eigenvalue weighted by molar-refractivity contribution is 5.67. The van der Waals surface area contributed by atoms with Crippen LogP contribution < -0.4 is 0 Å². The summed E-state index contributed by atoms with van der Waals surface area (Å²) < 4.78 is 16.8. The van der Waals surface area contributed by atoms with Crippen LogP contribution in [0.1, 0.15) is 105 Å². The average molecular weight is 533 g/mol. The first-order chi connectivity index (χ1) is 18.1. The number of aliphatic carboxylic acids is 1. The highest BCUT2D eigenvalue weighted by Gasteiger charge is 2.59. The standard InChI is InChI=1S/C33H56O5/c1-23(2)7-6-8-24(3)28-11-12-29-27-10-9-25-21-26(38-20-19-36-17-18-37-22-31(34)35)13-15-32(25,4)30(27)14-16-33(28,29)5/h9,23-24,26-30H,6-8,10-22H2,1-5H3,(H,34,35)/t24-,26+,27+,28-,29+,30+,32+,33-/m1/s1. The third-order valence-electron chi connectivity index (χ3n) is 11.4. The van der Waals surface area contributed by atoms with Gasteiger partial charge in [0, 0.05) is 0 Å². The van der Waals surface area contributed by atoms with Crippen molar-refractivity contribution in [1.29, 1.82) is 0 Å². The Hall–Kier alpha value is -0.910. The first kappa shape index (κ1) is 30.1. The molecule has 5 heteroatoms. The van der Waals surface area contributed by atoms with E-state index in [2.05, 4.69) is 40.7 Å². The van der Waals surface area contributed by atoms with Gasteiger partial charge in [-0.2, -0.15) is 0 Å². The highest BCUT2D eigenvalue weighted by Crippen LogP contribution is 2.67. The molecule has 38 heavy (non-hydrogen) atoms. The maximum atomic E-state index is 10.5. The third kappa shape index (κ3) is 6.69. The molecule has 0 spiro atoms. The minimum atomic E-state index is -0.947. The number of hydrogen-bond acceptors (Lipinski definition) is 4. The molecule has 4 aliphatic rings. The summed E-state index contributed by atoms with van der Waals surface area (Å²) in [5.74, 6) is 4.33. The van der Waals surface area contributed by atoms with Crippen LogP contribution in [0.25, 0.3) is 0 Å². The van der Waals surface area contributed by atoms with Crippen LogP contribution in [0.4, 0.5) is 0 Å². The van der Waals surface area contributed by atoms with Crippen molar-refractivity contribution in [2.75, 3.05) is 33.0 Å². The summed E-state index contributed by atoms with van der Waals surface area (Å²) in [6.07, 6.45) is 17.7. The van der Waals surface area contributed by atoms with Gasteiger partial charge in [0.25, 0.3) is 0 Å². The van der Waals surface area contributed by atoms with Crippen molar-refractivity contribution in [2.24, 2.45) is 46.3 Å². The molecule has 0 bridgehead atoms. The number of allylic oxidation sites excluding steroid dienone is 1. The Morgan fingerprint density at radius 1 is 0.974 bits per heavy atom. The van der Waals surface area contributed by atoms with Gasteiger partial charge in [-0.15, -0.1) is 0 Å². The van der Waals surface area contributed by atoms with Gasteiger partial charge in [-0.05, 0) is 97.7 Å². The second kappa shape index (κ2) is 13.2. The fourth-order valence-corrected chi connectivity index (χ4v) is 9.45. The van der Waals surface area contributed by atoms with Crippen molar-refractivity contribution in [3.63, 3.8) is 0 Å². The van der Waals surface area contributed by atoms with Gasteiger partial charge in [0.2, 0.25) is 0 Å². The molecule has 0 heterocycles. The molecule has 8 atom stereocenters. The molecule has 0 radical (unpaired) electrons. The Kier molecular flexibility index (Phi) is 10.4. The Balaban J connectivity index is 1.27. The van der Waals surface area contributed by atoms with Crippen molar-refractivity contribution in [2.45, 2.75) is 111 Å². The molecule has 218 valence electrons. The van der Waals surface area contributed by atoms with Crippen molar-refractivity contribution in [3.05, 3.63) is 11.6 Å². The van der Waals surface area contributed by atoms with Gasteiger partial charge < -0.3 is 19.3 Å². The SMILES string of the molecule is CC(C)CCC[C@@H](C)[C@H]1CC[C@H]2[C@@H]3CC=C4C[C@@H](OCCOCCOCC(=O)O)CC[C@]4(C)[C@H]3CC[C@]12C. The number of ether oxygens (including phenoxy) is 3. The molecule has 1 N–H and O–H groups in total. The summed E-state index contributed by atoms with van der Waals surface area (Å²) >= 11 is 0. The van der Waals surface area contributed by atoms with Gasteiger partial charge in [0.15, 0.2) is 0 Å². The van der Waals surface area contributed by atoms with Crippen molar-refractivity contribution < 1.29 is 24.1 Å². The van der Waals surface area contributed by atoms with E-state index in [1.165, 1.54) is 57.8 Å². The zero-order chi connectivity index (χ0) is 27.3. The second-order valence-corrected chi connectivity index (χ2v) is 14.1. The number of carboxylic acid groups (broad SMARTS) is 1. The Labute approximate surface area is 232 Å². The quantitative estimate of drug-likeness (QED) is 0.185. The number of carbonyl (C=O) groups is 1. The topological polar surface area (TPSA) is 65.0 Å². The molecule has 4 aliphatic carbocycles. The molecule has 0 unspecified atom stereocenters. The molecule has 3 fully saturated rings. The van der Waals surface area contributed by atoms with Gasteiger partial charge in [-0.25, -0.2) is 4.79 Å². The van der Waals surface area contributed by atoms with E-state index in [0.717, 1.165) is 48.3 Å². The molecule has 4 rings (SSSR count). The Morgan fingerprint density at radius 3 is 2.50 bits per heavy atom. The summed E-state index contributed by atoms with van der Waals surface area (Å²) in [4.78, 5) is 10.5. The Morgan fingerprint density at radius 2 is 1.74 bits per heavy atom. The number of fused-ring (bicyclic) bond motifs is 5. The first-order valence-corrected chi connectivity index (χ1v) is 15.8. The lowest BCUT2D eigenvalue weighted by Crippen LogP contribution is -2.51. The molecule has 3 saturated carbocycles. The molecule has 0 aromatic carbocycles. The monoisotopic (exact) mass is 532 g/mol. The fraction of sp³-hybridized carbons (Fsp3) is 0.909. The smallest absolute Gasteiger partial charge is 0.329 e. The number of carboxylic acids is 1. The normalized spacial score (nSPS) is 37.3. The van der Waals surface area contributed by atoms with Crippen LogP contribution in [-0.2, 0) is 19.0 Å². The number of hydrogen-bond donors (Lipinski definition) is 1. The van der Waals surface area contributed by atoms with Crippen LogP contribution in [0.15, 0.2) is 11.6 Å². The lowest BCUT2D eigenvalue weighted by atomic mass is 9.47. The van der Waals surface area contributed by atoms with E-state index in [0.29, 0.717) is 43.4 Å². The van der Waals surface area contributed by atoms with E-state index in [-0.39, 0.29) is 6.61 Å². The van der Waals surface area contributed by atoms with Gasteiger partial charge in [0.05, 0.1) is 32.5 Å². The maximum Gasteiger partial charge on any atom is 0.329 e. The van der Waals surface area contributed by atoms with Crippen LogP contribution in [-0.4, -0.2) is 50.2 Å². The van der Waals surface area contributed by atoms with Crippen LogP contribution in [0.2, 0.25) is 0 Å². The van der Waals surface area contributed by atoms with Crippen LogP contribution in [0, 0.1) is 46.3 Å². The predicted molar refractivity (Wildman–Crippen MR) is 152 cm³/mol.